The molecule has 0 amide bonds. The van der Waals surface area contributed by atoms with Crippen molar-refractivity contribution < 1.29 is 4.79 Å². The summed E-state index contributed by atoms with van der Waals surface area (Å²) in [5.41, 5.74) is 4.02. The maximum absolute atomic E-state index is 12.9. The highest BCUT2D eigenvalue weighted by Crippen LogP contribution is 2.25. The summed E-state index contributed by atoms with van der Waals surface area (Å²) in [5, 5.41) is 5.24. The van der Waals surface area contributed by atoms with Crippen LogP contribution in [0.5, 0.6) is 0 Å². The molecule has 6 nitrogen and oxygen atoms in total. The van der Waals surface area contributed by atoms with Crippen LogP contribution in [0.15, 0.2) is 36.9 Å². The van der Waals surface area contributed by atoms with Crippen molar-refractivity contribution in [3.8, 4) is 11.1 Å². The van der Waals surface area contributed by atoms with E-state index >= 15 is 0 Å². The number of pyridine rings is 2. The second kappa shape index (κ2) is 8.26. The zero-order valence-electron chi connectivity index (χ0n) is 18.4. The number of fused-ring (bicyclic) bond motifs is 1. The summed E-state index contributed by atoms with van der Waals surface area (Å²) in [6.45, 7) is 9.92. The summed E-state index contributed by atoms with van der Waals surface area (Å²) in [7, 11) is 1.90. The van der Waals surface area contributed by atoms with E-state index in [-0.39, 0.29) is 5.92 Å². The molecule has 0 atom stereocenters. The summed E-state index contributed by atoms with van der Waals surface area (Å²) in [6.07, 6.45) is 9.73. The third-order valence-electron chi connectivity index (χ3n) is 5.76. The van der Waals surface area contributed by atoms with Crippen molar-refractivity contribution in [3.63, 3.8) is 0 Å². The molecule has 158 valence electrons. The van der Waals surface area contributed by atoms with Crippen LogP contribution in [-0.2, 0) is 18.3 Å². The normalized spacial score (nSPS) is 16.3. The van der Waals surface area contributed by atoms with Gasteiger partial charge in [-0.25, -0.2) is 0 Å². The van der Waals surface area contributed by atoms with Crippen molar-refractivity contribution in [1.29, 1.82) is 0 Å². The van der Waals surface area contributed by atoms with E-state index in [2.05, 4.69) is 46.8 Å². The molecule has 3 aromatic heterocycles. The summed E-state index contributed by atoms with van der Waals surface area (Å²) in [6, 6.07) is 4.11. The van der Waals surface area contributed by atoms with Gasteiger partial charge in [-0.15, -0.1) is 0 Å². The first-order valence-electron chi connectivity index (χ1n) is 10.8. The summed E-state index contributed by atoms with van der Waals surface area (Å²) in [5.74, 6) is 0.465. The summed E-state index contributed by atoms with van der Waals surface area (Å²) < 4.78 is 1.78. The monoisotopic (exact) mass is 405 g/mol. The number of aromatic nitrogens is 4. The Morgan fingerprint density at radius 2 is 1.83 bits per heavy atom. The number of ketones is 1. The highest BCUT2D eigenvalue weighted by atomic mass is 16.1. The number of hydrogen-bond donors (Lipinski definition) is 0. The molecule has 3 aromatic rings. The molecule has 6 heteroatoms. The fourth-order valence-corrected chi connectivity index (χ4v) is 4.31. The summed E-state index contributed by atoms with van der Waals surface area (Å²) >= 11 is 0. The first-order chi connectivity index (χ1) is 14.3. The number of piperidine rings is 1. The van der Waals surface area contributed by atoms with Crippen molar-refractivity contribution in [2.24, 2.45) is 18.4 Å². The third kappa shape index (κ3) is 4.93. The van der Waals surface area contributed by atoms with Crippen LogP contribution in [0, 0.1) is 11.3 Å². The number of aryl methyl sites for hydroxylation is 1. The number of Topliss-reactive ketones (excluding diaryl/α,β-unsaturated/α-hetero) is 1. The van der Waals surface area contributed by atoms with Crippen LogP contribution in [0.3, 0.4) is 0 Å². The zero-order valence-corrected chi connectivity index (χ0v) is 18.4. The molecule has 0 radical (unpaired) electrons. The highest BCUT2D eigenvalue weighted by molar-refractivity contribution is 5.86. The van der Waals surface area contributed by atoms with E-state index in [0.29, 0.717) is 17.6 Å². The van der Waals surface area contributed by atoms with Crippen LogP contribution >= 0.6 is 0 Å². The quantitative estimate of drug-likeness (QED) is 0.644. The molecular formula is C24H31N5O. The largest absolute Gasteiger partial charge is 0.303 e. The van der Waals surface area contributed by atoms with Crippen molar-refractivity contribution in [3.05, 3.63) is 42.6 Å². The topological polar surface area (TPSA) is 63.9 Å². The molecule has 1 aliphatic heterocycles. The first-order valence-corrected chi connectivity index (χ1v) is 10.8. The molecule has 0 spiro atoms. The van der Waals surface area contributed by atoms with Crippen molar-refractivity contribution in [1.82, 2.24) is 24.6 Å². The van der Waals surface area contributed by atoms with Crippen LogP contribution in [-0.4, -0.2) is 50.1 Å². The lowest BCUT2D eigenvalue weighted by molar-refractivity contribution is -0.123. The van der Waals surface area contributed by atoms with Crippen LogP contribution in [0.25, 0.3) is 22.0 Å². The molecule has 0 bridgehead atoms. The molecule has 0 unspecified atom stereocenters. The first kappa shape index (κ1) is 20.7. The number of carbonyl (C=O) groups excluding carboxylic acids is 1. The summed E-state index contributed by atoms with van der Waals surface area (Å²) in [4.78, 5) is 24.4. The van der Waals surface area contributed by atoms with E-state index in [0.717, 1.165) is 60.2 Å². The lowest BCUT2D eigenvalue weighted by Gasteiger charge is -2.35. The van der Waals surface area contributed by atoms with Gasteiger partial charge in [0.25, 0.3) is 0 Å². The van der Waals surface area contributed by atoms with Crippen LogP contribution in [0.4, 0.5) is 0 Å². The molecule has 1 aliphatic rings. The molecule has 0 saturated carbocycles. The predicted molar refractivity (Wildman–Crippen MR) is 119 cm³/mol. The number of hydrogen-bond acceptors (Lipinski definition) is 5. The number of carbonyl (C=O) groups is 1. The standard InChI is InChI=1S/C24H31N5O/c1-24(2,3)16-29-7-5-17(6-8-29)23(30)11-21-10-18-9-19(12-26-22(18)14-25-21)20-13-27-28(4)15-20/h9-10,12-15,17H,5-8,11,16H2,1-4H3. The molecular weight excluding hydrogens is 374 g/mol. The Morgan fingerprint density at radius 3 is 2.50 bits per heavy atom. The highest BCUT2D eigenvalue weighted by Gasteiger charge is 2.27. The second-order valence-electron chi connectivity index (χ2n) is 9.75. The Bertz CT molecular complexity index is 1040. The maximum Gasteiger partial charge on any atom is 0.142 e. The molecule has 0 aromatic carbocycles. The lowest BCUT2D eigenvalue weighted by Crippen LogP contribution is -2.40. The van der Waals surface area contributed by atoms with Gasteiger partial charge in [-0.1, -0.05) is 20.8 Å². The SMILES string of the molecule is Cn1cc(-c2cnc3cnc(CC(=O)C4CCN(CC(C)(C)C)CC4)cc3c2)cn1. The molecule has 1 fully saturated rings. The Labute approximate surface area is 178 Å². The zero-order chi connectivity index (χ0) is 21.3. The van der Waals surface area contributed by atoms with Gasteiger partial charge in [0.2, 0.25) is 0 Å². The molecule has 0 aliphatic carbocycles. The Hall–Kier alpha value is -2.60. The number of rotatable bonds is 5. The maximum atomic E-state index is 12.9. The second-order valence-corrected chi connectivity index (χ2v) is 9.75. The smallest absolute Gasteiger partial charge is 0.142 e. The van der Waals surface area contributed by atoms with Crippen LogP contribution in [0.1, 0.15) is 39.3 Å². The lowest BCUT2D eigenvalue weighted by atomic mass is 9.88. The molecule has 30 heavy (non-hydrogen) atoms. The van der Waals surface area contributed by atoms with E-state index in [4.69, 9.17) is 0 Å². The van der Waals surface area contributed by atoms with Crippen LogP contribution in [0.2, 0.25) is 0 Å². The minimum Gasteiger partial charge on any atom is -0.303 e. The van der Waals surface area contributed by atoms with Gasteiger partial charge in [0.1, 0.15) is 5.78 Å². The van der Waals surface area contributed by atoms with Gasteiger partial charge in [-0.3, -0.25) is 19.4 Å². The number of nitrogens with zero attached hydrogens (tertiary/aromatic N) is 5. The van der Waals surface area contributed by atoms with E-state index in [1.165, 1.54) is 0 Å². The van der Waals surface area contributed by atoms with Gasteiger partial charge in [0.05, 0.1) is 17.9 Å². The fraction of sp³-hybridized carbons (Fsp3) is 0.500. The number of likely N-dealkylation sites (tertiary alicyclic amines) is 1. The molecule has 1 saturated heterocycles. The van der Waals surface area contributed by atoms with Crippen LogP contribution < -0.4 is 0 Å². The molecule has 0 N–H and O–H groups in total. The van der Waals surface area contributed by atoms with Gasteiger partial charge < -0.3 is 4.90 Å². The van der Waals surface area contributed by atoms with E-state index < -0.39 is 0 Å². The van der Waals surface area contributed by atoms with E-state index in [1.54, 1.807) is 10.9 Å². The van der Waals surface area contributed by atoms with E-state index in [9.17, 15) is 4.79 Å². The third-order valence-corrected chi connectivity index (χ3v) is 5.76. The van der Waals surface area contributed by atoms with Crippen molar-refractivity contribution >= 4 is 16.7 Å². The average Bonchev–Trinajstić information content (AvgIpc) is 3.13. The Balaban J connectivity index is 1.43. The predicted octanol–water partition coefficient (Wildman–Crippen LogP) is 3.90. The molecule has 4 rings (SSSR count). The minimum atomic E-state index is 0.151. The van der Waals surface area contributed by atoms with Gasteiger partial charge >= 0.3 is 0 Å². The van der Waals surface area contributed by atoms with Crippen molar-refractivity contribution in [2.75, 3.05) is 19.6 Å². The average molecular weight is 406 g/mol. The Morgan fingerprint density at radius 1 is 1.07 bits per heavy atom. The van der Waals surface area contributed by atoms with Gasteiger partial charge in [-0.05, 0) is 43.5 Å². The van der Waals surface area contributed by atoms with Crippen molar-refractivity contribution in [2.45, 2.75) is 40.0 Å². The minimum absolute atomic E-state index is 0.151. The Kier molecular flexibility index (Phi) is 5.69. The van der Waals surface area contributed by atoms with E-state index in [1.807, 2.05) is 31.7 Å². The van der Waals surface area contributed by atoms with Gasteiger partial charge in [0.15, 0.2) is 0 Å². The fourth-order valence-electron chi connectivity index (χ4n) is 4.31. The molecule has 4 heterocycles. The van der Waals surface area contributed by atoms with Gasteiger partial charge in [0, 0.05) is 60.5 Å². The van der Waals surface area contributed by atoms with Gasteiger partial charge in [-0.2, -0.15) is 5.10 Å².